The summed E-state index contributed by atoms with van der Waals surface area (Å²) in [5, 5.41) is 1.33. The average Bonchev–Trinajstić information content (AvgIpc) is 3.19. The number of para-hydroxylation sites is 2. The molecular weight excluding hydrogens is 455 g/mol. The van der Waals surface area contributed by atoms with Crippen LogP contribution in [0, 0.1) is 0 Å². The van der Waals surface area contributed by atoms with Crippen LogP contribution in [0.15, 0.2) is 108 Å². The summed E-state index contributed by atoms with van der Waals surface area (Å²) in [6, 6.07) is 34.8. The third kappa shape index (κ3) is 4.29. The summed E-state index contributed by atoms with van der Waals surface area (Å²) in [7, 11) is 0. The summed E-state index contributed by atoms with van der Waals surface area (Å²) in [4.78, 5) is 6.29. The minimum Gasteiger partial charge on any atom is -0.322 e. The number of aromatic nitrogens is 2. The van der Waals surface area contributed by atoms with Crippen molar-refractivity contribution in [3.8, 4) is 0 Å². The molecule has 2 nitrogen and oxygen atoms in total. The lowest BCUT2D eigenvalue weighted by atomic mass is 10.1. The van der Waals surface area contributed by atoms with E-state index >= 15 is 0 Å². The van der Waals surface area contributed by atoms with E-state index in [0.29, 0.717) is 16.6 Å². The third-order valence-electron chi connectivity index (χ3n) is 5.40. The lowest BCUT2D eigenvalue weighted by molar-refractivity contribution is 0.757. The molecular formula is C27H20Cl2N2S. The van der Waals surface area contributed by atoms with Gasteiger partial charge in [0.05, 0.1) is 22.8 Å². The topological polar surface area (TPSA) is 17.8 Å². The van der Waals surface area contributed by atoms with E-state index in [0.717, 1.165) is 22.4 Å². The molecule has 5 aromatic rings. The Morgan fingerprint density at radius 2 is 1.34 bits per heavy atom. The van der Waals surface area contributed by atoms with E-state index in [-0.39, 0.29) is 5.25 Å². The zero-order chi connectivity index (χ0) is 21.9. The van der Waals surface area contributed by atoms with Crippen LogP contribution in [0.2, 0.25) is 10.0 Å². The highest BCUT2D eigenvalue weighted by molar-refractivity contribution is 7.99. The highest BCUT2D eigenvalue weighted by Crippen LogP contribution is 2.41. The monoisotopic (exact) mass is 474 g/mol. The number of nitrogens with zero attached hydrogens (tertiary/aromatic N) is 2. The Kier molecular flexibility index (Phi) is 6.22. The van der Waals surface area contributed by atoms with Gasteiger partial charge in [-0.05, 0) is 42.0 Å². The second-order valence-electron chi connectivity index (χ2n) is 7.47. The summed E-state index contributed by atoms with van der Waals surface area (Å²) in [5.74, 6) is 0.974. The van der Waals surface area contributed by atoms with Gasteiger partial charge >= 0.3 is 0 Å². The minimum absolute atomic E-state index is 0.00673. The van der Waals surface area contributed by atoms with Gasteiger partial charge in [0.15, 0.2) is 0 Å². The summed E-state index contributed by atoms with van der Waals surface area (Å²) in [6.07, 6.45) is 0. The molecule has 0 saturated carbocycles. The quantitative estimate of drug-likeness (QED) is 0.230. The molecule has 1 heterocycles. The van der Waals surface area contributed by atoms with Gasteiger partial charge in [0, 0.05) is 20.5 Å². The zero-order valence-electron chi connectivity index (χ0n) is 17.2. The molecule has 0 aliphatic heterocycles. The van der Waals surface area contributed by atoms with Crippen LogP contribution in [0.25, 0.3) is 11.0 Å². The number of hydrogen-bond donors (Lipinski definition) is 0. The Balaban J connectivity index is 1.69. The van der Waals surface area contributed by atoms with Crippen molar-refractivity contribution in [2.45, 2.75) is 16.7 Å². The Morgan fingerprint density at radius 1 is 0.719 bits per heavy atom. The van der Waals surface area contributed by atoms with E-state index in [2.05, 4.69) is 65.2 Å². The predicted molar refractivity (Wildman–Crippen MR) is 136 cm³/mol. The molecule has 4 aromatic carbocycles. The Bertz CT molecular complexity index is 1330. The molecule has 0 fully saturated rings. The SMILES string of the molecule is Clc1cccc(Cl)c1Cn1c(C(Sc2ccccc2)c2ccccc2)nc2ccccc21. The number of hydrogen-bond acceptors (Lipinski definition) is 2. The van der Waals surface area contributed by atoms with Crippen molar-refractivity contribution in [1.82, 2.24) is 9.55 Å². The van der Waals surface area contributed by atoms with Crippen LogP contribution in [0.1, 0.15) is 22.2 Å². The van der Waals surface area contributed by atoms with Crippen LogP contribution >= 0.6 is 35.0 Å². The van der Waals surface area contributed by atoms with Gasteiger partial charge in [-0.25, -0.2) is 4.98 Å². The van der Waals surface area contributed by atoms with Crippen LogP contribution in [-0.4, -0.2) is 9.55 Å². The van der Waals surface area contributed by atoms with Gasteiger partial charge in [-0.15, -0.1) is 11.8 Å². The fourth-order valence-electron chi connectivity index (χ4n) is 3.83. The van der Waals surface area contributed by atoms with Crippen molar-refractivity contribution < 1.29 is 0 Å². The first-order valence-electron chi connectivity index (χ1n) is 10.4. The van der Waals surface area contributed by atoms with Crippen LogP contribution in [0.3, 0.4) is 0 Å². The Hall–Kier alpha value is -2.72. The first kappa shape index (κ1) is 21.1. The molecule has 0 N–H and O–H groups in total. The van der Waals surface area contributed by atoms with Crippen molar-refractivity contribution in [3.05, 3.63) is 130 Å². The van der Waals surface area contributed by atoms with Gasteiger partial charge in [0.25, 0.3) is 0 Å². The number of rotatable bonds is 6. The lowest BCUT2D eigenvalue weighted by Gasteiger charge is -2.20. The Labute approximate surface area is 201 Å². The number of halogens is 2. The molecule has 5 heteroatoms. The van der Waals surface area contributed by atoms with Gasteiger partial charge in [-0.1, -0.05) is 89.9 Å². The lowest BCUT2D eigenvalue weighted by Crippen LogP contribution is -2.10. The fourth-order valence-corrected chi connectivity index (χ4v) is 5.52. The first-order valence-corrected chi connectivity index (χ1v) is 12.0. The summed E-state index contributed by atoms with van der Waals surface area (Å²) < 4.78 is 2.25. The predicted octanol–water partition coefficient (Wildman–Crippen LogP) is 8.27. The van der Waals surface area contributed by atoms with Crippen molar-refractivity contribution in [2.24, 2.45) is 0 Å². The molecule has 0 radical (unpaired) electrons. The second kappa shape index (κ2) is 9.41. The summed E-state index contributed by atoms with van der Waals surface area (Å²) in [6.45, 7) is 0.549. The molecule has 1 atom stereocenters. The number of imidazole rings is 1. The normalized spacial score (nSPS) is 12.2. The summed E-state index contributed by atoms with van der Waals surface area (Å²) in [5.41, 5.74) is 4.12. The van der Waals surface area contributed by atoms with Crippen LogP contribution < -0.4 is 0 Å². The number of benzene rings is 4. The molecule has 32 heavy (non-hydrogen) atoms. The van der Waals surface area contributed by atoms with E-state index < -0.39 is 0 Å². The minimum atomic E-state index is 0.00673. The molecule has 5 rings (SSSR count). The van der Waals surface area contributed by atoms with Crippen molar-refractivity contribution in [2.75, 3.05) is 0 Å². The fraction of sp³-hybridized carbons (Fsp3) is 0.0741. The van der Waals surface area contributed by atoms with Crippen molar-refractivity contribution >= 4 is 46.0 Å². The van der Waals surface area contributed by atoms with Crippen LogP contribution in [0.4, 0.5) is 0 Å². The van der Waals surface area contributed by atoms with E-state index in [1.54, 1.807) is 11.8 Å². The smallest absolute Gasteiger partial charge is 0.128 e. The molecule has 0 bridgehead atoms. The van der Waals surface area contributed by atoms with Crippen LogP contribution in [-0.2, 0) is 6.54 Å². The van der Waals surface area contributed by atoms with Crippen molar-refractivity contribution in [1.29, 1.82) is 0 Å². The first-order chi connectivity index (χ1) is 15.7. The molecule has 1 aromatic heterocycles. The highest BCUT2D eigenvalue weighted by Gasteiger charge is 2.24. The second-order valence-corrected chi connectivity index (χ2v) is 9.46. The van der Waals surface area contributed by atoms with Gasteiger partial charge < -0.3 is 4.57 Å². The summed E-state index contributed by atoms with van der Waals surface area (Å²) >= 11 is 14.9. The van der Waals surface area contributed by atoms with E-state index in [9.17, 15) is 0 Å². The molecule has 158 valence electrons. The standard InChI is InChI=1S/C27H20Cl2N2S/c28-22-14-9-15-23(29)21(22)18-31-25-17-8-7-16-24(25)30-27(31)26(19-10-3-1-4-11-19)32-20-12-5-2-6-13-20/h1-17,26H,18H2. The van der Waals surface area contributed by atoms with Crippen molar-refractivity contribution in [3.63, 3.8) is 0 Å². The largest absolute Gasteiger partial charge is 0.322 e. The average molecular weight is 475 g/mol. The molecule has 0 amide bonds. The van der Waals surface area contributed by atoms with Gasteiger partial charge in [0.1, 0.15) is 5.82 Å². The molecule has 0 saturated heterocycles. The molecule has 1 unspecified atom stereocenters. The maximum Gasteiger partial charge on any atom is 0.128 e. The number of fused-ring (bicyclic) bond motifs is 1. The highest BCUT2D eigenvalue weighted by atomic mass is 35.5. The molecule has 0 aliphatic carbocycles. The number of thioether (sulfide) groups is 1. The maximum absolute atomic E-state index is 6.55. The van der Waals surface area contributed by atoms with E-state index in [1.165, 1.54) is 10.5 Å². The zero-order valence-corrected chi connectivity index (χ0v) is 19.5. The van der Waals surface area contributed by atoms with Gasteiger partial charge in [0.2, 0.25) is 0 Å². The van der Waals surface area contributed by atoms with Gasteiger partial charge in [-0.2, -0.15) is 0 Å². The van der Waals surface area contributed by atoms with Crippen LogP contribution in [0.5, 0.6) is 0 Å². The Morgan fingerprint density at radius 3 is 2.06 bits per heavy atom. The van der Waals surface area contributed by atoms with E-state index in [4.69, 9.17) is 28.2 Å². The van der Waals surface area contributed by atoms with E-state index in [1.807, 2.05) is 42.5 Å². The molecule has 0 aliphatic rings. The van der Waals surface area contributed by atoms with Gasteiger partial charge in [-0.3, -0.25) is 0 Å². The third-order valence-corrected chi connectivity index (χ3v) is 7.37. The maximum atomic E-state index is 6.55. The molecule has 0 spiro atoms.